The highest BCUT2D eigenvalue weighted by Gasteiger charge is 2.35. The van der Waals surface area contributed by atoms with E-state index in [1.54, 1.807) is 0 Å². The molecule has 0 unspecified atom stereocenters. The monoisotopic (exact) mass is 247 g/mol. The molecule has 0 atom stereocenters. The van der Waals surface area contributed by atoms with Gasteiger partial charge >= 0.3 is 0 Å². The van der Waals surface area contributed by atoms with E-state index in [0.29, 0.717) is 0 Å². The first kappa shape index (κ1) is 14.9. The zero-order valence-corrected chi connectivity index (χ0v) is 11.6. The van der Waals surface area contributed by atoms with Crippen LogP contribution in [0.25, 0.3) is 0 Å². The van der Waals surface area contributed by atoms with Gasteiger partial charge in [-0.3, -0.25) is 4.48 Å². The third-order valence-corrected chi connectivity index (χ3v) is 3.69. The number of quaternary nitrogens is 1. The molecule has 0 aromatic rings. The minimum Gasteiger partial charge on any atom is -0.277 e. The van der Waals surface area contributed by atoms with Crippen molar-refractivity contribution < 1.29 is 4.48 Å². The van der Waals surface area contributed by atoms with Gasteiger partial charge < -0.3 is 0 Å². The molecule has 0 saturated carbocycles. The number of rotatable bonds is 10. The van der Waals surface area contributed by atoms with Gasteiger partial charge in [-0.25, -0.2) is 4.99 Å². The number of allylic oxidation sites excluding steroid dienone is 2. The molecule has 18 heavy (non-hydrogen) atoms. The fraction of sp³-hybridized carbons (Fsp3) is 0.562. The molecule has 1 aliphatic heterocycles. The Morgan fingerprint density at radius 2 is 1.61 bits per heavy atom. The Kier molecular flexibility index (Phi) is 6.66. The molecule has 0 amide bonds. The van der Waals surface area contributed by atoms with Gasteiger partial charge in [-0.1, -0.05) is 18.2 Å². The number of hydrogen-bond acceptors (Lipinski definition) is 1. The summed E-state index contributed by atoms with van der Waals surface area (Å²) in [6.07, 6.45) is 11.6. The van der Waals surface area contributed by atoms with Crippen LogP contribution in [0.1, 0.15) is 32.1 Å². The van der Waals surface area contributed by atoms with Gasteiger partial charge in [0.1, 0.15) is 6.54 Å². The summed E-state index contributed by atoms with van der Waals surface area (Å²) in [7, 11) is 0. The molecule has 0 radical (unpaired) electrons. The molecule has 0 saturated heterocycles. The van der Waals surface area contributed by atoms with Crippen LogP contribution in [0, 0.1) is 0 Å². The van der Waals surface area contributed by atoms with Gasteiger partial charge in [-0.15, -0.1) is 19.7 Å². The lowest BCUT2D eigenvalue weighted by Gasteiger charge is -2.34. The SMILES string of the molecule is C=CCCC[N+]1(CCCC=C)CCN=C1CC=C. The Morgan fingerprint density at radius 1 is 1.00 bits per heavy atom. The molecular formula is C16H27N2+. The minimum absolute atomic E-state index is 0.933. The second kappa shape index (κ2) is 8.04. The molecule has 2 heteroatoms. The Hall–Kier alpha value is -1.15. The van der Waals surface area contributed by atoms with Crippen LogP contribution in [0.3, 0.4) is 0 Å². The van der Waals surface area contributed by atoms with Crippen molar-refractivity contribution in [2.24, 2.45) is 4.99 Å². The molecule has 0 fully saturated rings. The van der Waals surface area contributed by atoms with Crippen LogP contribution in [0.2, 0.25) is 0 Å². The van der Waals surface area contributed by atoms with Crippen molar-refractivity contribution in [3.63, 3.8) is 0 Å². The summed E-state index contributed by atoms with van der Waals surface area (Å²) in [4.78, 5) is 4.70. The summed E-state index contributed by atoms with van der Waals surface area (Å²) in [5, 5.41) is 0. The van der Waals surface area contributed by atoms with Gasteiger partial charge in [0.25, 0.3) is 0 Å². The van der Waals surface area contributed by atoms with Crippen LogP contribution in [0.15, 0.2) is 43.0 Å². The van der Waals surface area contributed by atoms with Crippen LogP contribution in [-0.4, -0.2) is 36.5 Å². The summed E-state index contributed by atoms with van der Waals surface area (Å²) in [6.45, 7) is 16.0. The third-order valence-electron chi connectivity index (χ3n) is 3.69. The highest BCUT2D eigenvalue weighted by molar-refractivity contribution is 5.78. The largest absolute Gasteiger partial charge is 0.277 e. The van der Waals surface area contributed by atoms with Gasteiger partial charge in [0.15, 0.2) is 0 Å². The van der Waals surface area contributed by atoms with Crippen molar-refractivity contribution >= 4 is 5.84 Å². The van der Waals surface area contributed by atoms with Gasteiger partial charge in [-0.2, -0.15) is 0 Å². The Balaban J connectivity index is 2.66. The van der Waals surface area contributed by atoms with E-state index in [9.17, 15) is 0 Å². The molecule has 0 aromatic carbocycles. The number of aliphatic imine (C=N–C) groups is 1. The van der Waals surface area contributed by atoms with E-state index in [2.05, 4.69) is 19.7 Å². The highest BCUT2D eigenvalue weighted by Crippen LogP contribution is 2.21. The lowest BCUT2D eigenvalue weighted by molar-refractivity contribution is -0.836. The van der Waals surface area contributed by atoms with Crippen molar-refractivity contribution in [3.8, 4) is 0 Å². The van der Waals surface area contributed by atoms with E-state index in [1.165, 1.54) is 31.8 Å². The van der Waals surface area contributed by atoms with Crippen LogP contribution in [0.4, 0.5) is 0 Å². The zero-order chi connectivity index (χ0) is 13.3. The van der Waals surface area contributed by atoms with Crippen LogP contribution >= 0.6 is 0 Å². The highest BCUT2D eigenvalue weighted by atomic mass is 15.4. The predicted molar refractivity (Wildman–Crippen MR) is 80.8 cm³/mol. The zero-order valence-electron chi connectivity index (χ0n) is 11.6. The molecule has 0 spiro atoms. The first-order valence-corrected chi connectivity index (χ1v) is 7.02. The fourth-order valence-corrected chi connectivity index (χ4v) is 2.71. The van der Waals surface area contributed by atoms with E-state index < -0.39 is 0 Å². The van der Waals surface area contributed by atoms with Gasteiger partial charge in [0.05, 0.1) is 26.1 Å². The molecule has 100 valence electrons. The average Bonchev–Trinajstić information content (AvgIpc) is 2.74. The van der Waals surface area contributed by atoms with Gasteiger partial charge in [-0.05, 0) is 12.8 Å². The van der Waals surface area contributed by atoms with Crippen LogP contribution in [0.5, 0.6) is 0 Å². The van der Waals surface area contributed by atoms with Crippen molar-refractivity contribution in [2.45, 2.75) is 32.1 Å². The molecule has 0 aliphatic carbocycles. The summed E-state index contributed by atoms with van der Waals surface area (Å²) < 4.78 is 1.08. The van der Waals surface area contributed by atoms with E-state index >= 15 is 0 Å². The first-order valence-electron chi connectivity index (χ1n) is 7.02. The molecule has 0 bridgehead atoms. The molecular weight excluding hydrogens is 220 g/mol. The number of hydrogen-bond donors (Lipinski definition) is 0. The topological polar surface area (TPSA) is 12.4 Å². The first-order chi connectivity index (χ1) is 8.79. The summed E-state index contributed by atoms with van der Waals surface area (Å²) in [5.74, 6) is 1.33. The van der Waals surface area contributed by atoms with Crippen LogP contribution in [-0.2, 0) is 0 Å². The standard InChI is InChI=1S/C16H27N2/c1-4-7-9-13-18(14-10-8-5-2)15-12-17-16(18)11-6-3/h4-6H,1-3,7-15H2/q+1. The average molecular weight is 247 g/mol. The van der Waals surface area contributed by atoms with Crippen molar-refractivity contribution in [1.82, 2.24) is 0 Å². The van der Waals surface area contributed by atoms with Gasteiger partial charge in [0.2, 0.25) is 5.84 Å². The summed E-state index contributed by atoms with van der Waals surface area (Å²) >= 11 is 0. The molecule has 0 N–H and O–H groups in total. The van der Waals surface area contributed by atoms with Crippen molar-refractivity contribution in [2.75, 3.05) is 26.2 Å². The maximum atomic E-state index is 4.70. The quantitative estimate of drug-likeness (QED) is 0.317. The molecule has 1 heterocycles. The van der Waals surface area contributed by atoms with E-state index in [1.807, 2.05) is 18.2 Å². The summed E-state index contributed by atoms with van der Waals surface area (Å²) in [5.41, 5.74) is 0. The van der Waals surface area contributed by atoms with Gasteiger partial charge in [0, 0.05) is 12.8 Å². The molecule has 0 aromatic heterocycles. The smallest absolute Gasteiger partial charge is 0.202 e. The fourth-order valence-electron chi connectivity index (χ4n) is 2.71. The van der Waals surface area contributed by atoms with E-state index in [-0.39, 0.29) is 0 Å². The normalized spacial score (nSPS) is 17.2. The van der Waals surface area contributed by atoms with E-state index in [0.717, 1.165) is 36.8 Å². The Bertz CT molecular complexity index is 301. The second-order valence-electron chi connectivity index (χ2n) is 4.97. The number of unbranched alkanes of at least 4 members (excludes halogenated alkanes) is 2. The van der Waals surface area contributed by atoms with Crippen molar-refractivity contribution in [1.29, 1.82) is 0 Å². The van der Waals surface area contributed by atoms with Crippen LogP contribution < -0.4 is 0 Å². The lowest BCUT2D eigenvalue weighted by Crippen LogP contribution is -2.52. The lowest BCUT2D eigenvalue weighted by atomic mass is 10.1. The number of amidine groups is 1. The third kappa shape index (κ3) is 3.95. The Labute approximate surface area is 112 Å². The van der Waals surface area contributed by atoms with E-state index in [4.69, 9.17) is 4.99 Å². The molecule has 1 aliphatic rings. The predicted octanol–water partition coefficient (Wildman–Crippen LogP) is 3.72. The maximum absolute atomic E-state index is 4.70. The van der Waals surface area contributed by atoms with Crippen molar-refractivity contribution in [3.05, 3.63) is 38.0 Å². The maximum Gasteiger partial charge on any atom is 0.202 e. The number of nitrogens with zero attached hydrogens (tertiary/aromatic N) is 2. The molecule has 2 nitrogen and oxygen atoms in total. The molecule has 1 rings (SSSR count). The summed E-state index contributed by atoms with van der Waals surface area (Å²) in [6, 6.07) is 0. The second-order valence-corrected chi connectivity index (χ2v) is 4.97. The minimum atomic E-state index is 0.933. The Morgan fingerprint density at radius 3 is 2.11 bits per heavy atom.